The van der Waals surface area contributed by atoms with Gasteiger partial charge >= 0.3 is 5.97 Å². The number of rotatable bonds is 1. The second-order valence-electron chi connectivity index (χ2n) is 6.04. The standard InChI is InChI=1S/C15H22N2O3/c1-16-6-8-17(9-7-16)14(18)12-4-2-3-11-5-10-20-15(19)13(11)12/h2-3,11-13H,4-10H2,1H3/t11-,12?,13+/m1/s1. The van der Waals surface area contributed by atoms with E-state index in [0.29, 0.717) is 13.0 Å². The number of likely N-dealkylation sites (N-methyl/N-ethyl adjacent to an activating group) is 1. The molecule has 3 atom stereocenters. The first-order chi connectivity index (χ1) is 9.66. The Labute approximate surface area is 119 Å². The SMILES string of the molecule is CN1CCN(C(=O)C2CC=C[C@@H]3CCOC(=O)[C@H]23)CC1. The van der Waals surface area contributed by atoms with Gasteiger partial charge in [0, 0.05) is 26.2 Å². The highest BCUT2D eigenvalue weighted by Gasteiger charge is 2.44. The van der Waals surface area contributed by atoms with Crippen molar-refractivity contribution in [2.45, 2.75) is 12.8 Å². The van der Waals surface area contributed by atoms with Crippen LogP contribution in [0.2, 0.25) is 0 Å². The Morgan fingerprint density at radius 1 is 1.30 bits per heavy atom. The van der Waals surface area contributed by atoms with E-state index >= 15 is 0 Å². The van der Waals surface area contributed by atoms with Crippen LogP contribution in [0.5, 0.6) is 0 Å². The Kier molecular flexibility index (Phi) is 3.78. The van der Waals surface area contributed by atoms with Crippen LogP contribution in [-0.4, -0.2) is 61.5 Å². The number of allylic oxidation sites excluding steroid dienone is 2. The molecule has 3 aliphatic rings. The number of ether oxygens (including phenoxy) is 1. The van der Waals surface area contributed by atoms with Crippen LogP contribution in [0.25, 0.3) is 0 Å². The van der Waals surface area contributed by atoms with E-state index in [9.17, 15) is 9.59 Å². The molecule has 5 nitrogen and oxygen atoms in total. The molecule has 0 aromatic carbocycles. The maximum absolute atomic E-state index is 12.7. The Hall–Kier alpha value is -1.36. The number of cyclic esters (lactones) is 1. The highest BCUT2D eigenvalue weighted by atomic mass is 16.5. The van der Waals surface area contributed by atoms with E-state index in [0.717, 1.165) is 32.6 Å². The zero-order valence-corrected chi connectivity index (χ0v) is 12.0. The maximum atomic E-state index is 12.7. The fourth-order valence-electron chi connectivity index (χ4n) is 3.49. The number of nitrogens with zero attached hydrogens (tertiary/aromatic N) is 2. The molecule has 0 aromatic rings. The molecule has 0 bridgehead atoms. The van der Waals surface area contributed by atoms with Crippen LogP contribution in [0, 0.1) is 17.8 Å². The van der Waals surface area contributed by atoms with Crippen molar-refractivity contribution in [1.29, 1.82) is 0 Å². The molecule has 3 rings (SSSR count). The number of carbonyl (C=O) groups is 2. The summed E-state index contributed by atoms with van der Waals surface area (Å²) in [4.78, 5) is 28.9. The second-order valence-corrected chi connectivity index (χ2v) is 6.04. The quantitative estimate of drug-likeness (QED) is 0.518. The third kappa shape index (κ3) is 2.46. The molecule has 1 unspecified atom stereocenters. The molecule has 0 saturated carbocycles. The molecule has 0 N–H and O–H groups in total. The Morgan fingerprint density at radius 3 is 2.80 bits per heavy atom. The predicted octanol–water partition coefficient (Wildman–Crippen LogP) is 0.516. The third-order valence-corrected chi connectivity index (χ3v) is 4.77. The average molecular weight is 278 g/mol. The van der Waals surface area contributed by atoms with Gasteiger partial charge in [-0.3, -0.25) is 9.59 Å². The molecular weight excluding hydrogens is 256 g/mol. The van der Waals surface area contributed by atoms with Crippen LogP contribution in [0.4, 0.5) is 0 Å². The molecule has 2 fully saturated rings. The number of amides is 1. The number of fused-ring (bicyclic) bond motifs is 1. The zero-order chi connectivity index (χ0) is 14.1. The fourth-order valence-corrected chi connectivity index (χ4v) is 3.49. The summed E-state index contributed by atoms with van der Waals surface area (Å²) in [7, 11) is 2.07. The van der Waals surface area contributed by atoms with E-state index in [1.165, 1.54) is 0 Å². The maximum Gasteiger partial charge on any atom is 0.310 e. The number of esters is 1. The summed E-state index contributed by atoms with van der Waals surface area (Å²) in [6, 6.07) is 0. The molecule has 110 valence electrons. The first-order valence-corrected chi connectivity index (χ1v) is 7.47. The van der Waals surface area contributed by atoms with Gasteiger partial charge in [0.2, 0.25) is 5.91 Å². The Morgan fingerprint density at radius 2 is 2.05 bits per heavy atom. The molecule has 2 saturated heterocycles. The second kappa shape index (κ2) is 5.56. The minimum absolute atomic E-state index is 0.135. The van der Waals surface area contributed by atoms with E-state index in [1.54, 1.807) is 0 Å². The summed E-state index contributed by atoms with van der Waals surface area (Å²) < 4.78 is 5.18. The summed E-state index contributed by atoms with van der Waals surface area (Å²) in [5, 5.41) is 0. The molecule has 20 heavy (non-hydrogen) atoms. The zero-order valence-electron chi connectivity index (χ0n) is 12.0. The monoisotopic (exact) mass is 278 g/mol. The smallest absolute Gasteiger partial charge is 0.310 e. The highest BCUT2D eigenvalue weighted by molar-refractivity contribution is 5.86. The Balaban J connectivity index is 1.73. The molecular formula is C15H22N2O3. The van der Waals surface area contributed by atoms with E-state index in [2.05, 4.69) is 24.1 Å². The van der Waals surface area contributed by atoms with E-state index in [1.807, 2.05) is 4.90 Å². The Bertz CT molecular complexity index is 427. The van der Waals surface area contributed by atoms with Crippen LogP contribution >= 0.6 is 0 Å². The summed E-state index contributed by atoms with van der Waals surface area (Å²) in [5.74, 6) is -0.345. The van der Waals surface area contributed by atoms with Crippen molar-refractivity contribution in [1.82, 2.24) is 9.80 Å². The van der Waals surface area contributed by atoms with Gasteiger partial charge in [0.15, 0.2) is 0 Å². The lowest BCUT2D eigenvalue weighted by molar-refractivity contribution is -0.163. The van der Waals surface area contributed by atoms with Crippen LogP contribution in [-0.2, 0) is 14.3 Å². The van der Waals surface area contributed by atoms with Gasteiger partial charge < -0.3 is 14.5 Å². The summed E-state index contributed by atoms with van der Waals surface area (Å²) >= 11 is 0. The van der Waals surface area contributed by atoms with Gasteiger partial charge in [0.1, 0.15) is 0 Å². The topological polar surface area (TPSA) is 49.9 Å². The molecule has 0 aromatic heterocycles. The molecule has 0 spiro atoms. The van der Waals surface area contributed by atoms with E-state index in [-0.39, 0.29) is 29.6 Å². The average Bonchev–Trinajstić information content (AvgIpc) is 2.47. The number of hydrogen-bond acceptors (Lipinski definition) is 4. The van der Waals surface area contributed by atoms with Gasteiger partial charge in [-0.05, 0) is 25.8 Å². The summed E-state index contributed by atoms with van der Waals surface area (Å²) in [6.07, 6.45) is 5.68. The summed E-state index contributed by atoms with van der Waals surface area (Å²) in [6.45, 7) is 3.84. The lowest BCUT2D eigenvalue weighted by Crippen LogP contribution is -2.52. The molecule has 5 heteroatoms. The van der Waals surface area contributed by atoms with Crippen LogP contribution < -0.4 is 0 Å². The van der Waals surface area contributed by atoms with Crippen molar-refractivity contribution in [2.75, 3.05) is 39.8 Å². The minimum Gasteiger partial charge on any atom is -0.465 e. The highest BCUT2D eigenvalue weighted by Crippen LogP contribution is 2.37. The number of piperazine rings is 1. The minimum atomic E-state index is -0.263. The van der Waals surface area contributed by atoms with Gasteiger partial charge in [-0.25, -0.2) is 0 Å². The molecule has 2 heterocycles. The van der Waals surface area contributed by atoms with Gasteiger partial charge in [-0.15, -0.1) is 0 Å². The van der Waals surface area contributed by atoms with Gasteiger partial charge in [-0.1, -0.05) is 12.2 Å². The molecule has 1 amide bonds. The molecule has 2 aliphatic heterocycles. The van der Waals surface area contributed by atoms with Gasteiger partial charge in [0.25, 0.3) is 0 Å². The first kappa shape index (κ1) is 13.6. The third-order valence-electron chi connectivity index (χ3n) is 4.77. The largest absolute Gasteiger partial charge is 0.465 e. The van der Waals surface area contributed by atoms with Gasteiger partial charge in [0.05, 0.1) is 18.4 Å². The molecule has 1 aliphatic carbocycles. The van der Waals surface area contributed by atoms with Crippen molar-refractivity contribution in [3.63, 3.8) is 0 Å². The summed E-state index contributed by atoms with van der Waals surface area (Å²) in [5.41, 5.74) is 0. The first-order valence-electron chi connectivity index (χ1n) is 7.47. The van der Waals surface area contributed by atoms with Crippen LogP contribution in [0.15, 0.2) is 12.2 Å². The molecule has 0 radical (unpaired) electrons. The van der Waals surface area contributed by atoms with Crippen molar-refractivity contribution >= 4 is 11.9 Å². The van der Waals surface area contributed by atoms with Crippen LogP contribution in [0.1, 0.15) is 12.8 Å². The number of carbonyl (C=O) groups excluding carboxylic acids is 2. The predicted molar refractivity (Wildman–Crippen MR) is 73.9 cm³/mol. The normalized spacial score (nSPS) is 34.5. The van der Waals surface area contributed by atoms with Crippen molar-refractivity contribution in [2.24, 2.45) is 17.8 Å². The lowest BCUT2D eigenvalue weighted by Gasteiger charge is -2.40. The van der Waals surface area contributed by atoms with E-state index in [4.69, 9.17) is 4.74 Å². The van der Waals surface area contributed by atoms with Gasteiger partial charge in [-0.2, -0.15) is 0 Å². The van der Waals surface area contributed by atoms with Crippen LogP contribution in [0.3, 0.4) is 0 Å². The van der Waals surface area contributed by atoms with E-state index < -0.39 is 0 Å². The van der Waals surface area contributed by atoms with Crippen molar-refractivity contribution < 1.29 is 14.3 Å². The van der Waals surface area contributed by atoms with Crippen molar-refractivity contribution in [3.05, 3.63) is 12.2 Å². The number of hydrogen-bond donors (Lipinski definition) is 0. The lowest BCUT2D eigenvalue weighted by atomic mass is 9.73. The van der Waals surface area contributed by atoms with Crippen molar-refractivity contribution in [3.8, 4) is 0 Å². The fraction of sp³-hybridized carbons (Fsp3) is 0.733.